The second kappa shape index (κ2) is 4.42. The molecule has 1 aliphatic rings. The molecule has 0 aromatic carbocycles. The number of hydrogen-bond donors (Lipinski definition) is 1. The Labute approximate surface area is 72.2 Å². The first-order valence-corrected chi connectivity index (χ1v) is 4.19. The summed E-state index contributed by atoms with van der Waals surface area (Å²) in [7, 11) is 1.54. The summed E-state index contributed by atoms with van der Waals surface area (Å²) in [5.41, 5.74) is 0. The second-order valence-electron chi connectivity index (χ2n) is 2.83. The zero-order chi connectivity index (χ0) is 8.97. The summed E-state index contributed by atoms with van der Waals surface area (Å²) in [6.45, 7) is 3.90. The standard InChI is InChI=1S/C8H15NO3/c1-3-12-8(10)7(11-2)6-4-9-5-6/h6-7,9H,3-5H2,1-2H3. The average Bonchev–Trinajstić information content (AvgIpc) is 1.96. The lowest BCUT2D eigenvalue weighted by Crippen LogP contribution is -2.52. The van der Waals surface area contributed by atoms with Gasteiger partial charge < -0.3 is 14.8 Å². The van der Waals surface area contributed by atoms with Gasteiger partial charge in [0.2, 0.25) is 0 Å². The number of esters is 1. The molecular weight excluding hydrogens is 158 g/mol. The zero-order valence-electron chi connectivity index (χ0n) is 7.50. The van der Waals surface area contributed by atoms with Crippen LogP contribution in [0.1, 0.15) is 6.92 Å². The quantitative estimate of drug-likeness (QED) is 0.597. The highest BCUT2D eigenvalue weighted by molar-refractivity contribution is 5.75. The van der Waals surface area contributed by atoms with Crippen LogP contribution in [0, 0.1) is 5.92 Å². The van der Waals surface area contributed by atoms with E-state index in [4.69, 9.17) is 9.47 Å². The fourth-order valence-electron chi connectivity index (χ4n) is 1.23. The number of rotatable bonds is 4. The molecule has 70 valence electrons. The van der Waals surface area contributed by atoms with E-state index >= 15 is 0 Å². The minimum absolute atomic E-state index is 0.244. The summed E-state index contributed by atoms with van der Waals surface area (Å²) in [5.74, 6) is 0.0422. The average molecular weight is 173 g/mol. The van der Waals surface area contributed by atoms with Crippen molar-refractivity contribution in [2.24, 2.45) is 5.92 Å². The van der Waals surface area contributed by atoms with Gasteiger partial charge in [0.05, 0.1) is 6.61 Å². The monoisotopic (exact) mass is 173 g/mol. The van der Waals surface area contributed by atoms with Crippen LogP contribution in [0.3, 0.4) is 0 Å². The Morgan fingerprint density at radius 2 is 2.33 bits per heavy atom. The number of hydrogen-bond acceptors (Lipinski definition) is 4. The molecule has 0 aromatic rings. The topological polar surface area (TPSA) is 47.6 Å². The second-order valence-corrected chi connectivity index (χ2v) is 2.83. The van der Waals surface area contributed by atoms with Crippen LogP contribution in [-0.4, -0.2) is 38.9 Å². The van der Waals surface area contributed by atoms with Crippen LogP contribution in [0.25, 0.3) is 0 Å². The molecule has 1 atom stereocenters. The van der Waals surface area contributed by atoms with Crippen LogP contribution in [-0.2, 0) is 14.3 Å². The van der Waals surface area contributed by atoms with Crippen molar-refractivity contribution in [3.8, 4) is 0 Å². The van der Waals surface area contributed by atoms with Crippen molar-refractivity contribution >= 4 is 5.97 Å². The maximum atomic E-state index is 11.2. The van der Waals surface area contributed by atoms with Crippen LogP contribution in [0.15, 0.2) is 0 Å². The molecule has 0 amide bonds. The molecule has 0 spiro atoms. The number of methoxy groups -OCH3 is 1. The van der Waals surface area contributed by atoms with Crippen LogP contribution in [0.5, 0.6) is 0 Å². The Balaban J connectivity index is 2.37. The molecule has 0 saturated carbocycles. The molecule has 1 aliphatic heterocycles. The molecular formula is C8H15NO3. The first kappa shape index (κ1) is 9.48. The minimum atomic E-state index is -0.383. The van der Waals surface area contributed by atoms with Gasteiger partial charge >= 0.3 is 5.97 Å². The van der Waals surface area contributed by atoms with Gasteiger partial charge in [-0.05, 0) is 6.92 Å². The van der Waals surface area contributed by atoms with Gasteiger partial charge in [0.1, 0.15) is 0 Å². The maximum Gasteiger partial charge on any atom is 0.335 e. The maximum absolute atomic E-state index is 11.2. The van der Waals surface area contributed by atoms with Gasteiger partial charge in [-0.15, -0.1) is 0 Å². The lowest BCUT2D eigenvalue weighted by Gasteiger charge is -2.32. The normalized spacial score (nSPS) is 19.8. The van der Waals surface area contributed by atoms with Crippen LogP contribution < -0.4 is 5.32 Å². The van der Waals surface area contributed by atoms with Crippen molar-refractivity contribution < 1.29 is 14.3 Å². The van der Waals surface area contributed by atoms with Crippen molar-refractivity contribution in [2.45, 2.75) is 13.0 Å². The summed E-state index contributed by atoms with van der Waals surface area (Å²) < 4.78 is 9.91. The van der Waals surface area contributed by atoms with E-state index in [1.165, 1.54) is 0 Å². The number of ether oxygens (including phenoxy) is 2. The van der Waals surface area contributed by atoms with Gasteiger partial charge in [0, 0.05) is 26.1 Å². The predicted octanol–water partition coefficient (Wildman–Crippen LogP) is -0.216. The van der Waals surface area contributed by atoms with Crippen LogP contribution >= 0.6 is 0 Å². The molecule has 1 unspecified atom stereocenters. The Hall–Kier alpha value is -0.610. The first-order valence-electron chi connectivity index (χ1n) is 4.19. The van der Waals surface area contributed by atoms with E-state index < -0.39 is 0 Å². The SMILES string of the molecule is CCOC(=O)C(OC)C1CNC1. The highest BCUT2D eigenvalue weighted by atomic mass is 16.6. The Morgan fingerprint density at radius 3 is 2.67 bits per heavy atom. The molecule has 1 fully saturated rings. The van der Waals surface area contributed by atoms with Crippen molar-refractivity contribution in [3.63, 3.8) is 0 Å². The van der Waals surface area contributed by atoms with Gasteiger partial charge in [0.25, 0.3) is 0 Å². The minimum Gasteiger partial charge on any atom is -0.464 e. The Morgan fingerprint density at radius 1 is 1.67 bits per heavy atom. The Kier molecular flexibility index (Phi) is 3.49. The summed E-state index contributed by atoms with van der Waals surface area (Å²) in [4.78, 5) is 11.2. The number of carbonyl (C=O) groups excluding carboxylic acids is 1. The molecule has 0 aliphatic carbocycles. The third kappa shape index (κ3) is 1.95. The van der Waals surface area contributed by atoms with Crippen molar-refractivity contribution in [3.05, 3.63) is 0 Å². The smallest absolute Gasteiger partial charge is 0.335 e. The molecule has 4 heteroatoms. The van der Waals surface area contributed by atoms with Gasteiger partial charge in [-0.1, -0.05) is 0 Å². The van der Waals surface area contributed by atoms with Gasteiger partial charge in [-0.25, -0.2) is 4.79 Å². The zero-order valence-corrected chi connectivity index (χ0v) is 7.50. The summed E-state index contributed by atoms with van der Waals surface area (Å²) in [6.07, 6.45) is -0.383. The molecule has 4 nitrogen and oxygen atoms in total. The molecule has 0 aromatic heterocycles. The lowest BCUT2D eigenvalue weighted by molar-refractivity contribution is -0.159. The highest BCUT2D eigenvalue weighted by Crippen LogP contribution is 2.13. The fraction of sp³-hybridized carbons (Fsp3) is 0.875. The lowest BCUT2D eigenvalue weighted by atomic mass is 9.96. The van der Waals surface area contributed by atoms with E-state index in [1.54, 1.807) is 14.0 Å². The Bertz CT molecular complexity index is 156. The molecule has 1 N–H and O–H groups in total. The number of nitrogens with one attached hydrogen (secondary N) is 1. The van der Waals surface area contributed by atoms with Crippen molar-refractivity contribution in [1.82, 2.24) is 5.32 Å². The third-order valence-corrected chi connectivity index (χ3v) is 2.01. The molecule has 1 saturated heterocycles. The molecule has 0 radical (unpaired) electrons. The summed E-state index contributed by atoms with van der Waals surface area (Å²) in [6, 6.07) is 0. The largest absolute Gasteiger partial charge is 0.464 e. The van der Waals surface area contributed by atoms with E-state index in [0.717, 1.165) is 13.1 Å². The van der Waals surface area contributed by atoms with Crippen LogP contribution in [0.2, 0.25) is 0 Å². The molecule has 1 heterocycles. The van der Waals surface area contributed by atoms with E-state index in [-0.39, 0.29) is 18.0 Å². The third-order valence-electron chi connectivity index (χ3n) is 2.01. The van der Waals surface area contributed by atoms with Crippen LogP contribution in [0.4, 0.5) is 0 Å². The van der Waals surface area contributed by atoms with Gasteiger partial charge in [-0.2, -0.15) is 0 Å². The van der Waals surface area contributed by atoms with E-state index in [0.29, 0.717) is 6.61 Å². The highest BCUT2D eigenvalue weighted by Gasteiger charge is 2.33. The summed E-state index contributed by atoms with van der Waals surface area (Å²) in [5, 5.41) is 3.09. The van der Waals surface area contributed by atoms with E-state index in [9.17, 15) is 4.79 Å². The first-order chi connectivity index (χ1) is 5.79. The van der Waals surface area contributed by atoms with Crippen molar-refractivity contribution in [1.29, 1.82) is 0 Å². The number of carbonyl (C=O) groups is 1. The predicted molar refractivity (Wildman–Crippen MR) is 43.8 cm³/mol. The van der Waals surface area contributed by atoms with Gasteiger partial charge in [-0.3, -0.25) is 0 Å². The van der Waals surface area contributed by atoms with Crippen molar-refractivity contribution in [2.75, 3.05) is 26.8 Å². The van der Waals surface area contributed by atoms with E-state index in [1.807, 2.05) is 0 Å². The summed E-state index contributed by atoms with van der Waals surface area (Å²) >= 11 is 0. The molecule has 1 rings (SSSR count). The molecule has 0 bridgehead atoms. The van der Waals surface area contributed by atoms with E-state index in [2.05, 4.69) is 5.32 Å². The molecule has 12 heavy (non-hydrogen) atoms. The van der Waals surface area contributed by atoms with Gasteiger partial charge in [0.15, 0.2) is 6.10 Å². The fourth-order valence-corrected chi connectivity index (χ4v) is 1.23.